The minimum atomic E-state index is -0.986. The van der Waals surface area contributed by atoms with Gasteiger partial charge in [0.1, 0.15) is 11.7 Å². The van der Waals surface area contributed by atoms with Crippen molar-refractivity contribution in [3.05, 3.63) is 70.9 Å². The van der Waals surface area contributed by atoms with Gasteiger partial charge in [-0.3, -0.25) is 19.7 Å². The molecule has 1 aliphatic heterocycles. The number of urea groups is 1. The molecule has 11 heteroatoms. The average molecular weight is 495 g/mol. The Morgan fingerprint density at radius 1 is 1.00 bits per heavy atom. The standard InChI is InChI=1S/C25H26N4O7/c1-35-21(30)11-10-19(24(33)36-2)27-22(31)17-5-3-4-16(12-17)14-26-18-8-6-15(7-9-18)13-20-23(32)29-25(34)28-20/h3-9,12-13,19,26H,10-11,14H2,1-2H3,(H,27,31)(H2,28,29,32,34)/b20-13-/t19-/m1/s1. The molecular formula is C25H26N4O7. The number of rotatable bonds is 10. The zero-order valence-corrected chi connectivity index (χ0v) is 19.8. The molecule has 1 aliphatic rings. The van der Waals surface area contributed by atoms with E-state index in [0.29, 0.717) is 12.1 Å². The van der Waals surface area contributed by atoms with Crippen molar-refractivity contribution in [2.24, 2.45) is 0 Å². The molecule has 0 radical (unpaired) electrons. The highest BCUT2D eigenvalue weighted by molar-refractivity contribution is 6.14. The fraction of sp³-hybridized carbons (Fsp3) is 0.240. The zero-order valence-electron chi connectivity index (χ0n) is 19.8. The van der Waals surface area contributed by atoms with Crippen LogP contribution in [0.15, 0.2) is 54.2 Å². The van der Waals surface area contributed by atoms with Gasteiger partial charge in [0.25, 0.3) is 11.8 Å². The Morgan fingerprint density at radius 3 is 2.39 bits per heavy atom. The first kappa shape index (κ1) is 25.9. The minimum Gasteiger partial charge on any atom is -0.469 e. The molecular weight excluding hydrogens is 468 g/mol. The third-order valence-electron chi connectivity index (χ3n) is 5.28. The number of methoxy groups -OCH3 is 2. The van der Waals surface area contributed by atoms with E-state index in [4.69, 9.17) is 4.74 Å². The topological polar surface area (TPSA) is 152 Å². The van der Waals surface area contributed by atoms with Gasteiger partial charge in [-0.15, -0.1) is 0 Å². The van der Waals surface area contributed by atoms with E-state index in [-0.39, 0.29) is 18.5 Å². The lowest BCUT2D eigenvalue weighted by atomic mass is 10.1. The molecule has 2 aromatic carbocycles. The van der Waals surface area contributed by atoms with E-state index in [1.165, 1.54) is 14.2 Å². The third kappa shape index (κ3) is 7.16. The molecule has 0 bridgehead atoms. The molecule has 4 amide bonds. The van der Waals surface area contributed by atoms with Gasteiger partial charge in [-0.2, -0.15) is 0 Å². The summed E-state index contributed by atoms with van der Waals surface area (Å²) < 4.78 is 9.31. The third-order valence-corrected chi connectivity index (χ3v) is 5.28. The Hall–Kier alpha value is -4.67. The predicted octanol–water partition coefficient (Wildman–Crippen LogP) is 1.70. The van der Waals surface area contributed by atoms with Crippen LogP contribution in [0.3, 0.4) is 0 Å². The molecule has 1 atom stereocenters. The Bertz CT molecular complexity index is 1190. The summed E-state index contributed by atoms with van der Waals surface area (Å²) in [6.45, 7) is 0.419. The van der Waals surface area contributed by atoms with Gasteiger partial charge in [0.2, 0.25) is 0 Å². The van der Waals surface area contributed by atoms with E-state index in [9.17, 15) is 24.0 Å². The lowest BCUT2D eigenvalue weighted by Gasteiger charge is -2.16. The number of esters is 2. The molecule has 0 saturated carbocycles. The zero-order chi connectivity index (χ0) is 26.1. The summed E-state index contributed by atoms with van der Waals surface area (Å²) in [4.78, 5) is 59.0. The molecule has 1 heterocycles. The van der Waals surface area contributed by atoms with Crippen LogP contribution in [-0.4, -0.2) is 50.0 Å². The SMILES string of the molecule is COC(=O)CC[C@@H](NC(=O)c1cccc(CNc2ccc(/C=C3\NC(=O)NC3=O)cc2)c1)C(=O)OC. The van der Waals surface area contributed by atoms with E-state index in [2.05, 4.69) is 26.0 Å². The number of carbonyl (C=O) groups is 5. The Labute approximate surface area is 207 Å². The van der Waals surface area contributed by atoms with Crippen molar-refractivity contribution in [2.45, 2.75) is 25.4 Å². The summed E-state index contributed by atoms with van der Waals surface area (Å²) in [5.41, 5.74) is 2.89. The van der Waals surface area contributed by atoms with Crippen molar-refractivity contribution < 1.29 is 33.4 Å². The highest BCUT2D eigenvalue weighted by Gasteiger charge is 2.24. The fourth-order valence-corrected chi connectivity index (χ4v) is 3.37. The molecule has 3 rings (SSSR count). The number of benzene rings is 2. The van der Waals surface area contributed by atoms with Gasteiger partial charge in [-0.05, 0) is 47.9 Å². The summed E-state index contributed by atoms with van der Waals surface area (Å²) >= 11 is 0. The molecule has 36 heavy (non-hydrogen) atoms. The quantitative estimate of drug-likeness (QED) is 0.221. The van der Waals surface area contributed by atoms with Gasteiger partial charge in [0, 0.05) is 24.2 Å². The second-order valence-corrected chi connectivity index (χ2v) is 7.81. The van der Waals surface area contributed by atoms with Crippen LogP contribution < -0.4 is 21.3 Å². The first-order valence-electron chi connectivity index (χ1n) is 11.0. The maximum atomic E-state index is 12.7. The smallest absolute Gasteiger partial charge is 0.328 e. The maximum Gasteiger partial charge on any atom is 0.328 e. The number of carbonyl (C=O) groups excluding carboxylic acids is 5. The van der Waals surface area contributed by atoms with Crippen LogP contribution in [0.1, 0.15) is 34.3 Å². The Kier molecular flexibility index (Phi) is 8.76. The first-order chi connectivity index (χ1) is 17.3. The van der Waals surface area contributed by atoms with Crippen LogP contribution in [0.2, 0.25) is 0 Å². The van der Waals surface area contributed by atoms with Crippen LogP contribution >= 0.6 is 0 Å². The first-order valence-corrected chi connectivity index (χ1v) is 11.0. The summed E-state index contributed by atoms with van der Waals surface area (Å²) in [5, 5.41) is 10.4. The van der Waals surface area contributed by atoms with Gasteiger partial charge in [0.15, 0.2) is 0 Å². The highest BCUT2D eigenvalue weighted by Crippen LogP contribution is 2.15. The second-order valence-electron chi connectivity index (χ2n) is 7.81. The van der Waals surface area contributed by atoms with E-state index in [1.54, 1.807) is 36.4 Å². The van der Waals surface area contributed by atoms with Crippen molar-refractivity contribution in [3.63, 3.8) is 0 Å². The normalized spacial score (nSPS) is 14.4. The maximum absolute atomic E-state index is 12.7. The Balaban J connectivity index is 1.59. The highest BCUT2D eigenvalue weighted by atomic mass is 16.5. The Morgan fingerprint density at radius 2 is 1.75 bits per heavy atom. The number of nitrogens with one attached hydrogen (secondary N) is 4. The number of hydrogen-bond donors (Lipinski definition) is 4. The lowest BCUT2D eigenvalue weighted by Crippen LogP contribution is -2.41. The van der Waals surface area contributed by atoms with Crippen molar-refractivity contribution >= 4 is 41.5 Å². The van der Waals surface area contributed by atoms with Crippen LogP contribution in [-0.2, 0) is 30.4 Å². The summed E-state index contributed by atoms with van der Waals surface area (Å²) in [7, 11) is 2.45. The molecule has 4 N–H and O–H groups in total. The predicted molar refractivity (Wildman–Crippen MR) is 129 cm³/mol. The molecule has 0 aromatic heterocycles. The molecule has 2 aromatic rings. The van der Waals surface area contributed by atoms with Crippen molar-refractivity contribution in [2.75, 3.05) is 19.5 Å². The number of hydrogen-bond acceptors (Lipinski definition) is 8. The van der Waals surface area contributed by atoms with Crippen LogP contribution in [0.4, 0.5) is 10.5 Å². The van der Waals surface area contributed by atoms with Crippen LogP contribution in [0.5, 0.6) is 0 Å². The molecule has 1 saturated heterocycles. The van der Waals surface area contributed by atoms with E-state index in [1.807, 2.05) is 18.2 Å². The van der Waals surface area contributed by atoms with Gasteiger partial charge < -0.3 is 25.4 Å². The van der Waals surface area contributed by atoms with Crippen molar-refractivity contribution in [1.29, 1.82) is 0 Å². The molecule has 0 aliphatic carbocycles. The van der Waals surface area contributed by atoms with Crippen molar-refractivity contribution in [1.82, 2.24) is 16.0 Å². The van der Waals surface area contributed by atoms with E-state index in [0.717, 1.165) is 16.8 Å². The summed E-state index contributed by atoms with van der Waals surface area (Å²) in [6, 6.07) is 12.6. The van der Waals surface area contributed by atoms with Gasteiger partial charge in [-0.1, -0.05) is 24.3 Å². The lowest BCUT2D eigenvalue weighted by molar-refractivity contribution is -0.144. The molecule has 188 valence electrons. The van der Waals surface area contributed by atoms with Crippen LogP contribution in [0.25, 0.3) is 6.08 Å². The van der Waals surface area contributed by atoms with Crippen LogP contribution in [0, 0.1) is 0 Å². The number of ether oxygens (including phenoxy) is 2. The van der Waals surface area contributed by atoms with E-state index < -0.39 is 35.8 Å². The summed E-state index contributed by atoms with van der Waals surface area (Å²) in [5.74, 6) is -2.10. The van der Waals surface area contributed by atoms with E-state index >= 15 is 0 Å². The monoisotopic (exact) mass is 494 g/mol. The van der Waals surface area contributed by atoms with Crippen molar-refractivity contribution in [3.8, 4) is 0 Å². The minimum absolute atomic E-state index is 0.0434. The number of imide groups is 1. The van der Waals surface area contributed by atoms with Gasteiger partial charge in [0.05, 0.1) is 14.2 Å². The second kappa shape index (κ2) is 12.2. The largest absolute Gasteiger partial charge is 0.469 e. The van der Waals surface area contributed by atoms with Gasteiger partial charge >= 0.3 is 18.0 Å². The molecule has 1 fully saturated rings. The summed E-state index contributed by atoms with van der Waals surface area (Å²) in [6.07, 6.45) is 1.58. The van der Waals surface area contributed by atoms with Gasteiger partial charge in [-0.25, -0.2) is 9.59 Å². The number of anilines is 1. The fourth-order valence-electron chi connectivity index (χ4n) is 3.37. The number of amides is 4. The molecule has 0 unspecified atom stereocenters. The molecule has 0 spiro atoms. The molecule has 11 nitrogen and oxygen atoms in total. The average Bonchev–Trinajstić information content (AvgIpc) is 3.21.